The molecule has 0 radical (unpaired) electrons. The first kappa shape index (κ1) is 16.7. The van der Waals surface area contributed by atoms with E-state index in [2.05, 4.69) is 20.3 Å². The number of nitrogens with one attached hydrogen (secondary N) is 1. The number of carbonyl (C=O) groups excluding carboxylic acids is 1. The monoisotopic (exact) mass is 353 g/mol. The number of amides is 1. The molecule has 3 aromatic rings. The van der Waals surface area contributed by atoms with Crippen molar-refractivity contribution in [2.75, 3.05) is 13.1 Å². The molecular formula is C19H20FN5O. The fourth-order valence-electron chi connectivity index (χ4n) is 3.80. The number of imidazole rings is 1. The molecule has 0 spiro atoms. The molecule has 0 saturated carbocycles. The SMILES string of the molecule is CC(=O)NC(c1cccc(F)c1)(c1cnc2cccnn12)N1CCCC1. The second kappa shape index (κ2) is 6.49. The Bertz CT molecular complexity index is 950. The van der Waals surface area contributed by atoms with Crippen LogP contribution in [0.3, 0.4) is 0 Å². The molecule has 134 valence electrons. The van der Waals surface area contributed by atoms with Gasteiger partial charge in [-0.3, -0.25) is 9.69 Å². The Balaban J connectivity index is 2.02. The van der Waals surface area contributed by atoms with Gasteiger partial charge in [0, 0.05) is 31.8 Å². The minimum atomic E-state index is -1.03. The van der Waals surface area contributed by atoms with Crippen LogP contribution >= 0.6 is 0 Å². The van der Waals surface area contributed by atoms with Gasteiger partial charge in [-0.25, -0.2) is 13.9 Å². The van der Waals surface area contributed by atoms with Crippen molar-refractivity contribution in [3.8, 4) is 0 Å². The van der Waals surface area contributed by atoms with E-state index >= 15 is 0 Å². The average Bonchev–Trinajstić information content (AvgIpc) is 3.30. The van der Waals surface area contributed by atoms with Gasteiger partial charge in [0.25, 0.3) is 0 Å². The van der Waals surface area contributed by atoms with Crippen molar-refractivity contribution in [2.24, 2.45) is 0 Å². The van der Waals surface area contributed by atoms with Crippen LogP contribution in [-0.2, 0) is 10.5 Å². The van der Waals surface area contributed by atoms with Crippen LogP contribution in [0.2, 0.25) is 0 Å². The first-order valence-electron chi connectivity index (χ1n) is 8.70. The second-order valence-electron chi connectivity index (χ2n) is 6.53. The molecule has 26 heavy (non-hydrogen) atoms. The van der Waals surface area contributed by atoms with Crippen molar-refractivity contribution in [2.45, 2.75) is 25.4 Å². The van der Waals surface area contributed by atoms with Crippen molar-refractivity contribution >= 4 is 11.6 Å². The van der Waals surface area contributed by atoms with E-state index in [0.717, 1.165) is 25.9 Å². The van der Waals surface area contributed by atoms with Gasteiger partial charge in [-0.1, -0.05) is 12.1 Å². The van der Waals surface area contributed by atoms with Crippen LogP contribution < -0.4 is 5.32 Å². The van der Waals surface area contributed by atoms with Crippen molar-refractivity contribution in [3.05, 3.63) is 65.9 Å². The summed E-state index contributed by atoms with van der Waals surface area (Å²) in [5, 5.41) is 7.51. The highest BCUT2D eigenvalue weighted by molar-refractivity contribution is 5.75. The maximum absolute atomic E-state index is 14.1. The Kier molecular flexibility index (Phi) is 4.16. The molecule has 2 aromatic heterocycles. The standard InChI is InChI=1S/C19H20FN5O/c1-14(26)23-19(24-10-2-3-11-24,15-6-4-7-16(20)12-15)17-13-21-18-8-5-9-22-25(17)18/h4-9,12-13H,2-3,10-11H2,1H3,(H,23,26). The van der Waals surface area contributed by atoms with Crippen LogP contribution in [0.4, 0.5) is 4.39 Å². The van der Waals surface area contributed by atoms with Gasteiger partial charge in [0.05, 0.1) is 6.20 Å². The highest BCUT2D eigenvalue weighted by Gasteiger charge is 2.45. The van der Waals surface area contributed by atoms with E-state index in [4.69, 9.17) is 0 Å². The third-order valence-electron chi connectivity index (χ3n) is 4.83. The summed E-state index contributed by atoms with van der Waals surface area (Å²) in [5.74, 6) is -0.551. The minimum absolute atomic E-state index is 0.202. The second-order valence-corrected chi connectivity index (χ2v) is 6.53. The van der Waals surface area contributed by atoms with Gasteiger partial charge in [0.2, 0.25) is 5.91 Å². The van der Waals surface area contributed by atoms with Gasteiger partial charge in [-0.05, 0) is 37.1 Å². The first-order chi connectivity index (χ1) is 12.6. The van der Waals surface area contributed by atoms with Crippen molar-refractivity contribution in [3.63, 3.8) is 0 Å². The number of likely N-dealkylation sites (tertiary alicyclic amines) is 1. The molecule has 3 heterocycles. The van der Waals surface area contributed by atoms with Crippen molar-refractivity contribution in [1.29, 1.82) is 0 Å². The zero-order valence-electron chi connectivity index (χ0n) is 14.5. The fraction of sp³-hybridized carbons (Fsp3) is 0.316. The van der Waals surface area contributed by atoms with E-state index in [-0.39, 0.29) is 11.7 Å². The fourth-order valence-corrected chi connectivity index (χ4v) is 3.80. The van der Waals surface area contributed by atoms with Crippen LogP contribution in [0.5, 0.6) is 0 Å². The average molecular weight is 353 g/mol. The van der Waals surface area contributed by atoms with Crippen LogP contribution in [0.1, 0.15) is 31.0 Å². The summed E-state index contributed by atoms with van der Waals surface area (Å²) in [5.41, 5.74) is 0.990. The highest BCUT2D eigenvalue weighted by Crippen LogP contribution is 2.36. The Morgan fingerprint density at radius 2 is 2.04 bits per heavy atom. The molecular weight excluding hydrogens is 333 g/mol. The predicted molar refractivity (Wildman–Crippen MR) is 94.8 cm³/mol. The Labute approximate surface area is 150 Å². The lowest BCUT2D eigenvalue weighted by Crippen LogP contribution is -2.58. The summed E-state index contributed by atoms with van der Waals surface area (Å²) >= 11 is 0. The van der Waals surface area contributed by atoms with Gasteiger partial charge >= 0.3 is 0 Å². The lowest BCUT2D eigenvalue weighted by Gasteiger charge is -2.42. The van der Waals surface area contributed by atoms with Crippen LogP contribution in [0, 0.1) is 5.82 Å². The Morgan fingerprint density at radius 1 is 1.23 bits per heavy atom. The summed E-state index contributed by atoms with van der Waals surface area (Å²) in [6.45, 7) is 3.05. The smallest absolute Gasteiger partial charge is 0.218 e. The number of rotatable bonds is 4. The summed E-state index contributed by atoms with van der Waals surface area (Å²) < 4.78 is 15.8. The van der Waals surface area contributed by atoms with Gasteiger partial charge in [-0.2, -0.15) is 5.10 Å². The van der Waals surface area contributed by atoms with Crippen molar-refractivity contribution in [1.82, 2.24) is 24.8 Å². The van der Waals surface area contributed by atoms with Gasteiger partial charge in [-0.15, -0.1) is 0 Å². The number of fused-ring (bicyclic) bond motifs is 1. The molecule has 1 unspecified atom stereocenters. The van der Waals surface area contributed by atoms with E-state index in [1.54, 1.807) is 23.0 Å². The zero-order valence-corrected chi connectivity index (χ0v) is 14.5. The molecule has 1 amide bonds. The third kappa shape index (κ3) is 2.64. The molecule has 1 saturated heterocycles. The number of aromatic nitrogens is 3. The largest absolute Gasteiger partial charge is 0.329 e. The number of carbonyl (C=O) groups is 1. The van der Waals surface area contributed by atoms with Crippen LogP contribution in [0.25, 0.3) is 5.65 Å². The van der Waals surface area contributed by atoms with E-state index < -0.39 is 5.66 Å². The maximum Gasteiger partial charge on any atom is 0.218 e. The van der Waals surface area contributed by atoms with E-state index in [0.29, 0.717) is 16.9 Å². The molecule has 4 rings (SSSR count). The van der Waals surface area contributed by atoms with E-state index in [9.17, 15) is 9.18 Å². The summed E-state index contributed by atoms with van der Waals surface area (Å²) in [7, 11) is 0. The molecule has 1 aliphatic rings. The number of hydrogen-bond acceptors (Lipinski definition) is 4. The Hall–Kier alpha value is -2.80. The quantitative estimate of drug-likeness (QED) is 0.782. The Morgan fingerprint density at radius 3 is 2.77 bits per heavy atom. The molecule has 0 bridgehead atoms. The van der Waals surface area contributed by atoms with Crippen molar-refractivity contribution < 1.29 is 9.18 Å². The number of benzene rings is 1. The summed E-state index contributed by atoms with van der Waals surface area (Å²) in [6.07, 6.45) is 5.41. The molecule has 1 aliphatic heterocycles. The highest BCUT2D eigenvalue weighted by atomic mass is 19.1. The molecule has 6 nitrogen and oxygen atoms in total. The molecule has 1 N–H and O–H groups in total. The molecule has 7 heteroatoms. The lowest BCUT2D eigenvalue weighted by atomic mass is 9.93. The number of halogens is 1. The normalized spacial score (nSPS) is 17.3. The maximum atomic E-state index is 14.1. The number of hydrogen-bond donors (Lipinski definition) is 1. The predicted octanol–water partition coefficient (Wildman–Crippen LogP) is 2.30. The van der Waals surface area contributed by atoms with Gasteiger partial charge in [0.15, 0.2) is 11.3 Å². The van der Waals surface area contributed by atoms with Gasteiger partial charge < -0.3 is 5.32 Å². The van der Waals surface area contributed by atoms with Crippen LogP contribution in [-0.4, -0.2) is 38.5 Å². The lowest BCUT2D eigenvalue weighted by molar-refractivity contribution is -0.122. The zero-order chi connectivity index (χ0) is 18.1. The molecule has 1 fully saturated rings. The molecule has 1 atom stereocenters. The van der Waals surface area contributed by atoms with E-state index in [1.807, 2.05) is 18.2 Å². The molecule has 1 aromatic carbocycles. The van der Waals surface area contributed by atoms with Gasteiger partial charge in [0.1, 0.15) is 11.5 Å². The summed E-state index contributed by atoms with van der Waals surface area (Å²) in [6, 6.07) is 10.0. The third-order valence-corrected chi connectivity index (χ3v) is 4.83. The van der Waals surface area contributed by atoms with E-state index in [1.165, 1.54) is 19.1 Å². The first-order valence-corrected chi connectivity index (χ1v) is 8.70. The van der Waals surface area contributed by atoms with Crippen LogP contribution in [0.15, 0.2) is 48.8 Å². The summed E-state index contributed by atoms with van der Waals surface area (Å²) in [4.78, 5) is 18.8. The molecule has 0 aliphatic carbocycles. The minimum Gasteiger partial charge on any atom is -0.329 e. The topological polar surface area (TPSA) is 62.5 Å². The number of nitrogens with zero attached hydrogens (tertiary/aromatic N) is 4.